The van der Waals surface area contributed by atoms with Crippen molar-refractivity contribution in [3.05, 3.63) is 47.0 Å². The molecule has 2 unspecified atom stereocenters. The van der Waals surface area contributed by atoms with E-state index in [0.29, 0.717) is 42.5 Å². The van der Waals surface area contributed by atoms with Gasteiger partial charge in [-0.1, -0.05) is 0 Å². The molecule has 1 amide bonds. The Morgan fingerprint density at radius 2 is 2.04 bits per heavy atom. The lowest BCUT2D eigenvalue weighted by molar-refractivity contribution is -0.137. The monoisotopic (exact) mass is 379 g/mol. The average Bonchev–Trinajstić information content (AvgIpc) is 3.27. The van der Waals surface area contributed by atoms with Crippen LogP contribution in [0.1, 0.15) is 33.9 Å². The van der Waals surface area contributed by atoms with Crippen molar-refractivity contribution >= 4 is 11.7 Å². The molecule has 5 nitrogen and oxygen atoms in total. The van der Waals surface area contributed by atoms with Gasteiger partial charge in [-0.25, -0.2) is 4.98 Å². The second-order valence-electron chi connectivity index (χ2n) is 7.25. The number of furan rings is 1. The molecule has 144 valence electrons. The highest BCUT2D eigenvalue weighted by molar-refractivity contribution is 5.95. The number of hydrogen-bond acceptors (Lipinski definition) is 4. The number of carbonyl (C=O) groups is 1. The maximum atomic E-state index is 13.0. The molecule has 0 radical (unpaired) electrons. The van der Waals surface area contributed by atoms with Crippen molar-refractivity contribution in [1.82, 2.24) is 9.88 Å². The molecule has 2 fully saturated rings. The van der Waals surface area contributed by atoms with E-state index < -0.39 is 11.7 Å². The lowest BCUT2D eigenvalue weighted by Gasteiger charge is -2.25. The Balaban J connectivity index is 1.54. The molecule has 27 heavy (non-hydrogen) atoms. The van der Waals surface area contributed by atoms with Crippen LogP contribution in [0.25, 0.3) is 0 Å². The van der Waals surface area contributed by atoms with E-state index in [9.17, 15) is 18.0 Å². The second kappa shape index (κ2) is 6.28. The van der Waals surface area contributed by atoms with Gasteiger partial charge in [0.15, 0.2) is 0 Å². The molecule has 2 aromatic heterocycles. The molecular formula is C19H20F3N3O2. The van der Waals surface area contributed by atoms with Crippen molar-refractivity contribution in [3.63, 3.8) is 0 Å². The Morgan fingerprint density at radius 3 is 2.70 bits per heavy atom. The summed E-state index contributed by atoms with van der Waals surface area (Å²) in [4.78, 5) is 20.7. The van der Waals surface area contributed by atoms with E-state index >= 15 is 0 Å². The number of pyridine rings is 1. The summed E-state index contributed by atoms with van der Waals surface area (Å²) in [6, 6.07) is 3.77. The summed E-state index contributed by atoms with van der Waals surface area (Å²) in [5.41, 5.74) is -0.147. The molecule has 4 rings (SSSR count). The third-order valence-electron chi connectivity index (χ3n) is 5.48. The van der Waals surface area contributed by atoms with Crippen LogP contribution in [0.4, 0.5) is 19.0 Å². The van der Waals surface area contributed by atoms with Crippen molar-refractivity contribution in [2.75, 3.05) is 24.5 Å². The first-order chi connectivity index (χ1) is 12.7. The van der Waals surface area contributed by atoms with Gasteiger partial charge >= 0.3 is 6.18 Å². The van der Waals surface area contributed by atoms with E-state index in [0.717, 1.165) is 18.6 Å². The molecule has 4 heterocycles. The minimum absolute atomic E-state index is 0.0246. The molecular weight excluding hydrogens is 359 g/mol. The first kappa shape index (κ1) is 17.9. The topological polar surface area (TPSA) is 49.6 Å². The summed E-state index contributed by atoms with van der Waals surface area (Å²) in [5, 5.41) is 0. The molecule has 2 aliphatic heterocycles. The minimum Gasteiger partial charge on any atom is -0.466 e. The summed E-state index contributed by atoms with van der Waals surface area (Å²) in [5.74, 6) is 1.75. The van der Waals surface area contributed by atoms with Crippen molar-refractivity contribution < 1.29 is 22.4 Å². The number of aryl methyl sites for hydroxylation is 2. The number of halogens is 3. The van der Waals surface area contributed by atoms with Gasteiger partial charge in [0.2, 0.25) is 0 Å². The summed E-state index contributed by atoms with van der Waals surface area (Å²) < 4.78 is 44.4. The SMILES string of the molecule is Cc1cc(C(=O)N2CCC3CN(c4cc(C(F)(F)F)ccn4)CC32)c(C)o1. The third-order valence-corrected chi connectivity index (χ3v) is 5.48. The van der Waals surface area contributed by atoms with Gasteiger partial charge in [0, 0.05) is 31.7 Å². The number of hydrogen-bond donors (Lipinski definition) is 0. The zero-order valence-electron chi connectivity index (χ0n) is 15.1. The Kier molecular flexibility index (Phi) is 4.16. The molecule has 0 N–H and O–H groups in total. The third kappa shape index (κ3) is 3.17. The van der Waals surface area contributed by atoms with Crippen LogP contribution in [0.3, 0.4) is 0 Å². The molecule has 2 saturated heterocycles. The van der Waals surface area contributed by atoms with Gasteiger partial charge in [0.1, 0.15) is 17.3 Å². The maximum absolute atomic E-state index is 13.0. The molecule has 2 atom stereocenters. The van der Waals surface area contributed by atoms with Crippen molar-refractivity contribution in [2.45, 2.75) is 32.5 Å². The van der Waals surface area contributed by atoms with Gasteiger partial charge < -0.3 is 14.2 Å². The van der Waals surface area contributed by atoms with Gasteiger partial charge in [0.25, 0.3) is 5.91 Å². The molecule has 0 aromatic carbocycles. The highest BCUT2D eigenvalue weighted by atomic mass is 19.4. The summed E-state index contributed by atoms with van der Waals surface area (Å²) in [6.07, 6.45) is -2.37. The number of rotatable bonds is 2. The molecule has 0 spiro atoms. The van der Waals surface area contributed by atoms with Gasteiger partial charge in [-0.15, -0.1) is 0 Å². The van der Waals surface area contributed by atoms with Crippen molar-refractivity contribution in [2.24, 2.45) is 5.92 Å². The number of anilines is 1. The van der Waals surface area contributed by atoms with Crippen LogP contribution in [-0.2, 0) is 6.18 Å². The van der Waals surface area contributed by atoms with E-state index in [1.807, 2.05) is 9.80 Å². The van der Waals surface area contributed by atoms with Crippen molar-refractivity contribution in [1.29, 1.82) is 0 Å². The summed E-state index contributed by atoms with van der Waals surface area (Å²) >= 11 is 0. The van der Waals surface area contributed by atoms with E-state index in [1.54, 1.807) is 19.9 Å². The first-order valence-electron chi connectivity index (χ1n) is 8.90. The van der Waals surface area contributed by atoms with Crippen LogP contribution in [0.15, 0.2) is 28.8 Å². The van der Waals surface area contributed by atoms with Gasteiger partial charge in [0.05, 0.1) is 17.2 Å². The summed E-state index contributed by atoms with van der Waals surface area (Å²) in [6.45, 7) is 5.31. The number of fused-ring (bicyclic) bond motifs is 1. The first-order valence-corrected chi connectivity index (χ1v) is 8.90. The number of nitrogens with zero attached hydrogens (tertiary/aromatic N) is 3. The van der Waals surface area contributed by atoms with Crippen LogP contribution in [0, 0.1) is 19.8 Å². The number of carbonyl (C=O) groups excluding carboxylic acids is 1. The number of alkyl halides is 3. The largest absolute Gasteiger partial charge is 0.466 e. The predicted octanol–water partition coefficient (Wildman–Crippen LogP) is 3.66. The van der Waals surface area contributed by atoms with E-state index in [1.165, 1.54) is 6.20 Å². The summed E-state index contributed by atoms with van der Waals surface area (Å²) in [7, 11) is 0. The standard InChI is InChI=1S/C19H20F3N3O2/c1-11-7-15(12(2)27-11)18(26)25-6-4-13-9-24(10-16(13)25)17-8-14(3-5-23-17)19(20,21)22/h3,5,7-8,13,16H,4,6,9-10H2,1-2H3. The molecule has 2 aliphatic rings. The molecule has 0 bridgehead atoms. The molecule has 8 heteroatoms. The van der Waals surface area contributed by atoms with Crippen LogP contribution >= 0.6 is 0 Å². The Hall–Kier alpha value is -2.51. The number of aromatic nitrogens is 1. The van der Waals surface area contributed by atoms with E-state index in [2.05, 4.69) is 4.98 Å². The predicted molar refractivity (Wildman–Crippen MR) is 92.6 cm³/mol. The number of likely N-dealkylation sites (tertiary alicyclic amines) is 1. The fourth-order valence-electron chi connectivity index (χ4n) is 4.17. The minimum atomic E-state index is -4.40. The highest BCUT2D eigenvalue weighted by Crippen LogP contribution is 2.36. The quantitative estimate of drug-likeness (QED) is 0.799. The second-order valence-corrected chi connectivity index (χ2v) is 7.25. The molecule has 0 saturated carbocycles. The fraction of sp³-hybridized carbons (Fsp3) is 0.474. The normalized spacial score (nSPS) is 22.4. The number of amides is 1. The Bertz CT molecular complexity index is 877. The lowest BCUT2D eigenvalue weighted by atomic mass is 10.0. The van der Waals surface area contributed by atoms with Crippen LogP contribution < -0.4 is 4.90 Å². The zero-order valence-corrected chi connectivity index (χ0v) is 15.1. The van der Waals surface area contributed by atoms with Crippen LogP contribution in [-0.4, -0.2) is 41.5 Å². The van der Waals surface area contributed by atoms with Crippen LogP contribution in [0.5, 0.6) is 0 Å². The smallest absolute Gasteiger partial charge is 0.416 e. The lowest BCUT2D eigenvalue weighted by Crippen LogP contribution is -2.40. The Morgan fingerprint density at radius 1 is 1.26 bits per heavy atom. The Labute approximate surface area is 154 Å². The van der Waals surface area contributed by atoms with Gasteiger partial charge in [-0.3, -0.25) is 4.79 Å². The highest BCUT2D eigenvalue weighted by Gasteiger charge is 2.44. The van der Waals surface area contributed by atoms with Crippen molar-refractivity contribution in [3.8, 4) is 0 Å². The average molecular weight is 379 g/mol. The van der Waals surface area contributed by atoms with Gasteiger partial charge in [-0.05, 0) is 38.5 Å². The molecule has 2 aromatic rings. The van der Waals surface area contributed by atoms with Crippen LogP contribution in [0.2, 0.25) is 0 Å². The molecule has 0 aliphatic carbocycles. The maximum Gasteiger partial charge on any atom is 0.416 e. The fourth-order valence-corrected chi connectivity index (χ4v) is 4.17. The zero-order chi connectivity index (χ0) is 19.3. The van der Waals surface area contributed by atoms with Gasteiger partial charge in [-0.2, -0.15) is 13.2 Å². The van der Waals surface area contributed by atoms with E-state index in [4.69, 9.17) is 4.42 Å². The van der Waals surface area contributed by atoms with E-state index in [-0.39, 0.29) is 17.9 Å².